The second-order valence-corrected chi connectivity index (χ2v) is 3.72. The van der Waals surface area contributed by atoms with E-state index in [0.717, 1.165) is 0 Å². The summed E-state index contributed by atoms with van der Waals surface area (Å²) in [5.74, 6) is -0.642. The van der Waals surface area contributed by atoms with Gasteiger partial charge in [0.2, 0.25) is 0 Å². The van der Waals surface area contributed by atoms with E-state index in [9.17, 15) is 9.30 Å². The molecule has 0 bridgehead atoms. The van der Waals surface area contributed by atoms with Gasteiger partial charge in [-0.1, -0.05) is 0 Å². The van der Waals surface area contributed by atoms with Gasteiger partial charge in [0, 0.05) is 10.9 Å². The maximum atomic E-state index is 13.0. The van der Waals surface area contributed by atoms with E-state index in [2.05, 4.69) is 10.2 Å². The number of nitrogen functional groups attached to an aromatic ring is 1. The van der Waals surface area contributed by atoms with Crippen LogP contribution in [-0.2, 0) is 0 Å². The van der Waals surface area contributed by atoms with E-state index in [0.29, 0.717) is 16.4 Å². The summed E-state index contributed by atoms with van der Waals surface area (Å²) < 4.78 is 13.0. The Morgan fingerprint density at radius 3 is 2.87 bits per heavy atom. The lowest BCUT2D eigenvalue weighted by Crippen LogP contribution is -1.84. The quantitative estimate of drug-likeness (QED) is 0.796. The minimum absolute atomic E-state index is 0.223. The molecular formula is C9H6FN3OS. The maximum absolute atomic E-state index is 13.0. The SMILES string of the molecule is Nc1nc(-c2ccc(F)c(N=O)c2)cs1. The van der Waals surface area contributed by atoms with Gasteiger partial charge in [0.15, 0.2) is 10.9 Å². The molecule has 0 amide bonds. The highest BCUT2D eigenvalue weighted by Gasteiger charge is 2.07. The first-order valence-electron chi connectivity index (χ1n) is 4.05. The van der Waals surface area contributed by atoms with Crippen LogP contribution in [0.25, 0.3) is 11.3 Å². The molecule has 15 heavy (non-hydrogen) atoms. The molecule has 2 rings (SSSR count). The molecule has 6 heteroatoms. The van der Waals surface area contributed by atoms with E-state index in [4.69, 9.17) is 5.73 Å². The first kappa shape index (κ1) is 9.72. The van der Waals surface area contributed by atoms with Crippen molar-refractivity contribution in [2.75, 3.05) is 5.73 Å². The van der Waals surface area contributed by atoms with E-state index in [1.54, 1.807) is 5.38 Å². The fourth-order valence-electron chi connectivity index (χ4n) is 1.16. The molecule has 0 aliphatic heterocycles. The van der Waals surface area contributed by atoms with Gasteiger partial charge in [-0.2, -0.15) is 0 Å². The fourth-order valence-corrected chi connectivity index (χ4v) is 1.73. The lowest BCUT2D eigenvalue weighted by molar-refractivity contribution is 0.630. The van der Waals surface area contributed by atoms with Crippen LogP contribution in [0.15, 0.2) is 28.8 Å². The van der Waals surface area contributed by atoms with Crippen molar-refractivity contribution in [2.24, 2.45) is 5.18 Å². The highest BCUT2D eigenvalue weighted by atomic mass is 32.1. The van der Waals surface area contributed by atoms with Gasteiger partial charge >= 0.3 is 0 Å². The van der Waals surface area contributed by atoms with Gasteiger partial charge in [0.05, 0.1) is 5.69 Å². The van der Waals surface area contributed by atoms with Crippen LogP contribution >= 0.6 is 11.3 Å². The van der Waals surface area contributed by atoms with Gasteiger partial charge in [-0.15, -0.1) is 16.2 Å². The van der Waals surface area contributed by atoms with Gasteiger partial charge in [0.25, 0.3) is 0 Å². The van der Waals surface area contributed by atoms with E-state index in [1.807, 2.05) is 0 Å². The Morgan fingerprint density at radius 1 is 1.47 bits per heavy atom. The Kier molecular flexibility index (Phi) is 2.42. The van der Waals surface area contributed by atoms with Crippen molar-refractivity contribution in [2.45, 2.75) is 0 Å². The van der Waals surface area contributed by atoms with E-state index >= 15 is 0 Å². The minimum atomic E-state index is -0.642. The van der Waals surface area contributed by atoms with Crippen LogP contribution in [0, 0.1) is 10.7 Å². The summed E-state index contributed by atoms with van der Waals surface area (Å²) >= 11 is 1.28. The van der Waals surface area contributed by atoms with Crippen LogP contribution in [0.2, 0.25) is 0 Å². The standard InChI is InChI=1S/C9H6FN3OS/c10-6-2-1-5(3-7(6)13-14)8-4-15-9(11)12-8/h1-4H,(H2,11,12). The Morgan fingerprint density at radius 2 is 2.27 bits per heavy atom. The molecule has 0 aliphatic carbocycles. The Labute approximate surface area is 88.5 Å². The lowest BCUT2D eigenvalue weighted by Gasteiger charge is -1.97. The molecule has 0 aliphatic rings. The molecule has 0 spiro atoms. The number of nitrogens with zero attached hydrogens (tertiary/aromatic N) is 2. The van der Waals surface area contributed by atoms with Crippen molar-refractivity contribution in [3.8, 4) is 11.3 Å². The molecule has 1 aromatic carbocycles. The highest BCUT2D eigenvalue weighted by Crippen LogP contribution is 2.28. The summed E-state index contributed by atoms with van der Waals surface area (Å²) in [6.07, 6.45) is 0. The molecule has 0 radical (unpaired) electrons. The number of aromatic nitrogens is 1. The summed E-state index contributed by atoms with van der Waals surface area (Å²) in [6.45, 7) is 0. The number of hydrogen-bond acceptors (Lipinski definition) is 5. The first-order chi connectivity index (χ1) is 7.20. The lowest BCUT2D eigenvalue weighted by atomic mass is 10.1. The molecule has 76 valence electrons. The maximum Gasteiger partial charge on any atom is 0.180 e. The third-order valence-electron chi connectivity index (χ3n) is 1.86. The topological polar surface area (TPSA) is 68.3 Å². The molecular weight excluding hydrogens is 217 g/mol. The zero-order valence-corrected chi connectivity index (χ0v) is 8.29. The number of rotatable bonds is 2. The predicted molar refractivity (Wildman–Crippen MR) is 57.4 cm³/mol. The number of halogens is 1. The van der Waals surface area contributed by atoms with Crippen LogP contribution < -0.4 is 5.73 Å². The number of benzene rings is 1. The van der Waals surface area contributed by atoms with Gasteiger partial charge < -0.3 is 5.73 Å². The molecule has 1 heterocycles. The predicted octanol–water partition coefficient (Wildman–Crippen LogP) is 2.93. The first-order valence-corrected chi connectivity index (χ1v) is 4.93. The fraction of sp³-hybridized carbons (Fsp3) is 0. The van der Waals surface area contributed by atoms with E-state index in [1.165, 1.54) is 29.5 Å². The van der Waals surface area contributed by atoms with Crippen molar-refractivity contribution in [1.82, 2.24) is 4.98 Å². The van der Waals surface area contributed by atoms with Gasteiger partial charge in [-0.05, 0) is 23.4 Å². The van der Waals surface area contributed by atoms with Crippen molar-refractivity contribution in [1.29, 1.82) is 0 Å². The van der Waals surface area contributed by atoms with Crippen molar-refractivity contribution in [3.63, 3.8) is 0 Å². The van der Waals surface area contributed by atoms with E-state index < -0.39 is 5.82 Å². The summed E-state index contributed by atoms with van der Waals surface area (Å²) in [7, 11) is 0. The third-order valence-corrected chi connectivity index (χ3v) is 2.54. The number of nitrogens with two attached hydrogens (primary N) is 1. The molecule has 0 fully saturated rings. The third kappa shape index (κ3) is 1.84. The summed E-state index contributed by atoms with van der Waals surface area (Å²) in [4.78, 5) is 14.3. The Bertz CT molecular complexity index is 512. The number of hydrogen-bond donors (Lipinski definition) is 1. The smallest absolute Gasteiger partial charge is 0.180 e. The number of thiazole rings is 1. The normalized spacial score (nSPS) is 10.2. The zero-order valence-electron chi connectivity index (χ0n) is 7.48. The summed E-state index contributed by atoms with van der Waals surface area (Å²) in [6, 6.07) is 4.05. The van der Waals surface area contributed by atoms with Crippen molar-refractivity contribution in [3.05, 3.63) is 34.3 Å². The molecule has 2 N–H and O–H groups in total. The van der Waals surface area contributed by atoms with Gasteiger partial charge in [-0.25, -0.2) is 9.37 Å². The molecule has 1 aromatic heterocycles. The van der Waals surface area contributed by atoms with Crippen LogP contribution in [0.5, 0.6) is 0 Å². The van der Waals surface area contributed by atoms with Crippen LogP contribution in [0.3, 0.4) is 0 Å². The van der Waals surface area contributed by atoms with Crippen LogP contribution in [0.4, 0.5) is 15.2 Å². The molecule has 0 unspecified atom stereocenters. The number of anilines is 1. The highest BCUT2D eigenvalue weighted by molar-refractivity contribution is 7.13. The van der Waals surface area contributed by atoms with Crippen molar-refractivity contribution < 1.29 is 4.39 Å². The minimum Gasteiger partial charge on any atom is -0.375 e. The molecule has 0 atom stereocenters. The van der Waals surface area contributed by atoms with Crippen LogP contribution in [-0.4, -0.2) is 4.98 Å². The van der Waals surface area contributed by atoms with Gasteiger partial charge in [0.1, 0.15) is 5.69 Å². The number of nitroso groups, excluding NO2 is 1. The molecule has 0 saturated carbocycles. The molecule has 0 saturated heterocycles. The van der Waals surface area contributed by atoms with Gasteiger partial charge in [-0.3, -0.25) is 0 Å². The second kappa shape index (κ2) is 3.74. The van der Waals surface area contributed by atoms with Crippen molar-refractivity contribution >= 4 is 22.2 Å². The summed E-state index contributed by atoms with van der Waals surface area (Å²) in [5, 5.41) is 4.74. The Balaban J connectivity index is 2.50. The van der Waals surface area contributed by atoms with Crippen LogP contribution in [0.1, 0.15) is 0 Å². The largest absolute Gasteiger partial charge is 0.375 e. The summed E-state index contributed by atoms with van der Waals surface area (Å²) in [5.41, 5.74) is 6.48. The van der Waals surface area contributed by atoms with E-state index in [-0.39, 0.29) is 5.69 Å². The second-order valence-electron chi connectivity index (χ2n) is 2.83. The zero-order chi connectivity index (χ0) is 10.8. The Hall–Kier alpha value is -1.82. The average molecular weight is 223 g/mol. The molecule has 2 aromatic rings. The average Bonchev–Trinajstić information content (AvgIpc) is 2.66. The monoisotopic (exact) mass is 223 g/mol. The molecule has 4 nitrogen and oxygen atoms in total.